The summed E-state index contributed by atoms with van der Waals surface area (Å²) in [6.07, 6.45) is 3.38. The smallest absolute Gasteiger partial charge is 0.308 e. The number of anilines is 1. The van der Waals surface area contributed by atoms with Gasteiger partial charge < -0.3 is 19.5 Å². The van der Waals surface area contributed by atoms with Crippen LogP contribution in [0, 0.1) is 5.92 Å². The van der Waals surface area contributed by atoms with Crippen molar-refractivity contribution in [1.82, 2.24) is 0 Å². The maximum absolute atomic E-state index is 11.7. The van der Waals surface area contributed by atoms with Gasteiger partial charge in [-0.25, -0.2) is 0 Å². The minimum Gasteiger partial charge on any atom is -0.491 e. The summed E-state index contributed by atoms with van der Waals surface area (Å²) in [6.45, 7) is 4.36. The van der Waals surface area contributed by atoms with Crippen molar-refractivity contribution in [2.75, 3.05) is 32.8 Å². The van der Waals surface area contributed by atoms with E-state index < -0.39 is 0 Å². The lowest BCUT2D eigenvalue weighted by atomic mass is 9.97. The van der Waals surface area contributed by atoms with Gasteiger partial charge in [0.25, 0.3) is 0 Å². The van der Waals surface area contributed by atoms with Crippen LogP contribution in [0.2, 0.25) is 0 Å². The number of hydrogen-bond donors (Lipinski definition) is 1. The summed E-state index contributed by atoms with van der Waals surface area (Å²) in [7, 11) is 3.06. The summed E-state index contributed by atoms with van der Waals surface area (Å²) in [5, 5.41) is 2.78. The van der Waals surface area contributed by atoms with Crippen LogP contribution in [-0.2, 0) is 38.3 Å². The molecule has 1 amide bonds. The molecule has 0 aromatic heterocycles. The molecular weight excluding hydrogens is 394 g/mol. The van der Waals surface area contributed by atoms with Crippen LogP contribution in [0.25, 0.3) is 0 Å². The monoisotopic (exact) mass is 427 g/mol. The van der Waals surface area contributed by atoms with E-state index in [1.165, 1.54) is 19.6 Å². The highest BCUT2D eigenvalue weighted by Crippen LogP contribution is 2.25. The molecule has 1 N–H and O–H groups in total. The first-order chi connectivity index (χ1) is 14.9. The summed E-state index contributed by atoms with van der Waals surface area (Å²) in [6, 6.07) is 14.1. The number of benzene rings is 2. The zero-order valence-corrected chi connectivity index (χ0v) is 18.9. The zero-order chi connectivity index (χ0) is 22.6. The molecule has 0 spiro atoms. The fourth-order valence-electron chi connectivity index (χ4n) is 3.38. The van der Waals surface area contributed by atoms with Crippen LogP contribution >= 0.6 is 0 Å². The summed E-state index contributed by atoms with van der Waals surface area (Å²) >= 11 is 0. The van der Waals surface area contributed by atoms with E-state index in [1.807, 2.05) is 37.3 Å². The molecule has 2 aromatic rings. The van der Waals surface area contributed by atoms with Gasteiger partial charge in [0.2, 0.25) is 5.91 Å². The highest BCUT2D eigenvalue weighted by Gasteiger charge is 2.15. The van der Waals surface area contributed by atoms with Crippen LogP contribution in [0.15, 0.2) is 42.5 Å². The Kier molecular flexibility index (Phi) is 10.0. The number of esters is 1. The molecule has 0 aliphatic rings. The molecule has 0 heterocycles. The molecule has 168 valence electrons. The van der Waals surface area contributed by atoms with Gasteiger partial charge in [-0.05, 0) is 60.6 Å². The van der Waals surface area contributed by atoms with Gasteiger partial charge in [-0.1, -0.05) is 31.2 Å². The lowest BCUT2D eigenvalue weighted by molar-refractivity contribution is -0.144. The first-order valence-corrected chi connectivity index (χ1v) is 10.6. The van der Waals surface area contributed by atoms with E-state index in [0.29, 0.717) is 19.6 Å². The predicted octanol–water partition coefficient (Wildman–Crippen LogP) is 4.20. The second kappa shape index (κ2) is 12.7. The lowest BCUT2D eigenvalue weighted by Gasteiger charge is -2.15. The van der Waals surface area contributed by atoms with Crippen LogP contribution in [0.5, 0.6) is 5.75 Å². The number of aryl methyl sites for hydroxylation is 2. The number of amides is 1. The third kappa shape index (κ3) is 8.42. The van der Waals surface area contributed by atoms with E-state index in [4.69, 9.17) is 14.2 Å². The van der Waals surface area contributed by atoms with Gasteiger partial charge in [0.15, 0.2) is 0 Å². The number of nitrogens with one attached hydrogen (secondary N) is 1. The molecule has 1 atom stereocenters. The second-order valence-electron chi connectivity index (χ2n) is 7.64. The van der Waals surface area contributed by atoms with Gasteiger partial charge in [-0.3, -0.25) is 9.59 Å². The maximum Gasteiger partial charge on any atom is 0.308 e. The lowest BCUT2D eigenvalue weighted by Crippen LogP contribution is -2.15. The highest BCUT2D eigenvalue weighted by molar-refractivity contribution is 5.88. The zero-order valence-electron chi connectivity index (χ0n) is 18.9. The van der Waals surface area contributed by atoms with Gasteiger partial charge in [0.05, 0.1) is 19.6 Å². The highest BCUT2D eigenvalue weighted by atomic mass is 16.5. The molecule has 0 aliphatic carbocycles. The van der Waals surface area contributed by atoms with E-state index in [-0.39, 0.29) is 17.8 Å². The molecule has 31 heavy (non-hydrogen) atoms. The molecule has 2 aromatic carbocycles. The van der Waals surface area contributed by atoms with Gasteiger partial charge in [0.1, 0.15) is 12.4 Å². The van der Waals surface area contributed by atoms with Crippen LogP contribution in [0.4, 0.5) is 5.69 Å². The average molecular weight is 428 g/mol. The minimum atomic E-state index is -0.213. The Hall–Kier alpha value is -2.86. The van der Waals surface area contributed by atoms with Crippen molar-refractivity contribution in [2.45, 2.75) is 39.5 Å². The normalized spacial score (nSPS) is 11.6. The van der Waals surface area contributed by atoms with Crippen LogP contribution in [0.1, 0.15) is 37.0 Å². The first-order valence-electron chi connectivity index (χ1n) is 10.6. The number of methoxy groups -OCH3 is 2. The molecule has 0 saturated carbocycles. The molecule has 2 rings (SSSR count). The van der Waals surface area contributed by atoms with E-state index in [0.717, 1.165) is 41.8 Å². The van der Waals surface area contributed by atoms with Crippen molar-refractivity contribution in [3.63, 3.8) is 0 Å². The average Bonchev–Trinajstić information content (AvgIpc) is 2.75. The molecule has 6 heteroatoms. The molecular formula is C25H33NO5. The van der Waals surface area contributed by atoms with Crippen molar-refractivity contribution in [3.05, 3.63) is 59.2 Å². The van der Waals surface area contributed by atoms with E-state index in [1.54, 1.807) is 7.11 Å². The molecule has 0 bridgehead atoms. The fourth-order valence-corrected chi connectivity index (χ4v) is 3.38. The Morgan fingerprint density at radius 3 is 2.32 bits per heavy atom. The minimum absolute atomic E-state index is 0.0711. The molecule has 0 aliphatic heterocycles. The SMILES string of the molecule is COCCOc1cc(CC(C)C(=O)OC)ccc1CCCc1ccc(NC(C)=O)cc1. The molecule has 1 unspecified atom stereocenters. The van der Waals surface area contributed by atoms with Crippen LogP contribution in [-0.4, -0.2) is 39.3 Å². The standard InChI is InChI=1S/C25H33NO5/c1-18(25(28)30-4)16-21-8-11-22(24(17-21)31-15-14-29-3)7-5-6-20-9-12-23(13-10-20)26-19(2)27/h8-13,17-18H,5-7,14-16H2,1-4H3,(H,26,27). The quantitative estimate of drug-likeness (QED) is 0.406. The molecule has 0 radical (unpaired) electrons. The summed E-state index contributed by atoms with van der Waals surface area (Å²) in [5.41, 5.74) is 4.21. The van der Waals surface area contributed by atoms with Crippen molar-refractivity contribution in [2.24, 2.45) is 5.92 Å². The largest absolute Gasteiger partial charge is 0.491 e. The van der Waals surface area contributed by atoms with Gasteiger partial charge in [-0.15, -0.1) is 0 Å². The maximum atomic E-state index is 11.7. The molecule has 6 nitrogen and oxygen atoms in total. The number of carbonyl (C=O) groups excluding carboxylic acids is 2. The third-order valence-electron chi connectivity index (χ3n) is 5.01. The number of ether oxygens (including phenoxy) is 3. The Morgan fingerprint density at radius 2 is 1.68 bits per heavy atom. The second-order valence-corrected chi connectivity index (χ2v) is 7.64. The van der Waals surface area contributed by atoms with E-state index in [9.17, 15) is 9.59 Å². The summed E-state index contributed by atoms with van der Waals surface area (Å²) in [4.78, 5) is 22.9. The van der Waals surface area contributed by atoms with Crippen molar-refractivity contribution < 1.29 is 23.8 Å². The Labute approximate surface area is 184 Å². The Morgan fingerprint density at radius 1 is 0.968 bits per heavy atom. The number of carbonyl (C=O) groups is 2. The fraction of sp³-hybridized carbons (Fsp3) is 0.440. The predicted molar refractivity (Wildman–Crippen MR) is 121 cm³/mol. The van der Waals surface area contributed by atoms with E-state index >= 15 is 0 Å². The third-order valence-corrected chi connectivity index (χ3v) is 5.01. The van der Waals surface area contributed by atoms with Gasteiger partial charge >= 0.3 is 5.97 Å². The Balaban J connectivity index is 2.00. The first kappa shape index (κ1) is 24.4. The summed E-state index contributed by atoms with van der Waals surface area (Å²) in [5.74, 6) is 0.351. The number of rotatable bonds is 12. The van der Waals surface area contributed by atoms with Gasteiger partial charge in [0, 0.05) is 19.7 Å². The molecule has 0 fully saturated rings. The van der Waals surface area contributed by atoms with Crippen LogP contribution in [0.3, 0.4) is 0 Å². The van der Waals surface area contributed by atoms with Gasteiger partial charge in [-0.2, -0.15) is 0 Å². The topological polar surface area (TPSA) is 73.9 Å². The van der Waals surface area contributed by atoms with Crippen LogP contribution < -0.4 is 10.1 Å². The van der Waals surface area contributed by atoms with E-state index in [2.05, 4.69) is 17.4 Å². The summed E-state index contributed by atoms with van der Waals surface area (Å²) < 4.78 is 15.9. The number of hydrogen-bond acceptors (Lipinski definition) is 5. The van der Waals surface area contributed by atoms with Crippen molar-refractivity contribution in [1.29, 1.82) is 0 Å². The molecule has 0 saturated heterocycles. The van der Waals surface area contributed by atoms with Crippen molar-refractivity contribution in [3.8, 4) is 5.75 Å². The Bertz CT molecular complexity index is 847. The van der Waals surface area contributed by atoms with Crippen molar-refractivity contribution >= 4 is 17.6 Å².